The highest BCUT2D eigenvalue weighted by Gasteiger charge is 2.68. The summed E-state index contributed by atoms with van der Waals surface area (Å²) >= 11 is 0. The monoisotopic (exact) mass is 248 g/mol. The van der Waals surface area contributed by atoms with E-state index in [1.807, 2.05) is 0 Å². The van der Waals surface area contributed by atoms with Gasteiger partial charge in [0.25, 0.3) is 0 Å². The van der Waals surface area contributed by atoms with E-state index in [0.717, 1.165) is 11.7 Å². The van der Waals surface area contributed by atoms with Gasteiger partial charge >= 0.3 is 0 Å². The Labute approximate surface area is 107 Å². The molecule has 0 spiro atoms. The number of hydrogen-bond donors (Lipinski definition) is 0. The van der Waals surface area contributed by atoms with Gasteiger partial charge in [0.15, 0.2) is 6.04 Å². The van der Waals surface area contributed by atoms with Crippen LogP contribution in [0.1, 0.15) is 24.9 Å². The highest BCUT2D eigenvalue weighted by Crippen LogP contribution is 2.54. The molecule has 2 rings (SSSR count). The lowest BCUT2D eigenvalue weighted by molar-refractivity contribution is -0.802. The zero-order valence-corrected chi connectivity index (χ0v) is 12.9. The van der Waals surface area contributed by atoms with Gasteiger partial charge in [0, 0.05) is 5.56 Å². The Morgan fingerprint density at radius 1 is 1.12 bits per heavy atom. The van der Waals surface area contributed by atoms with Crippen molar-refractivity contribution >= 4 is 8.07 Å². The SMILES string of the molecule is CCC[N+]1(C)[C@H](c2ccccc2)[C@@H]1[Si](C)(C)C. The summed E-state index contributed by atoms with van der Waals surface area (Å²) in [5.74, 6) is 0. The third-order valence-electron chi connectivity index (χ3n) is 4.21. The molecule has 0 bridgehead atoms. The van der Waals surface area contributed by atoms with Crippen molar-refractivity contribution in [1.29, 1.82) is 0 Å². The van der Waals surface area contributed by atoms with Crippen LogP contribution in [0.25, 0.3) is 0 Å². The summed E-state index contributed by atoms with van der Waals surface area (Å²) in [6.45, 7) is 11.2. The van der Waals surface area contributed by atoms with E-state index < -0.39 is 8.07 Å². The molecule has 1 aliphatic heterocycles. The Kier molecular flexibility index (Phi) is 3.21. The van der Waals surface area contributed by atoms with Gasteiger partial charge in [-0.25, -0.2) is 0 Å². The van der Waals surface area contributed by atoms with Crippen molar-refractivity contribution in [3.05, 3.63) is 35.9 Å². The van der Waals surface area contributed by atoms with Crippen LogP contribution in [0.3, 0.4) is 0 Å². The van der Waals surface area contributed by atoms with Gasteiger partial charge in [-0.3, -0.25) is 0 Å². The van der Waals surface area contributed by atoms with E-state index in [-0.39, 0.29) is 0 Å². The number of benzene rings is 1. The van der Waals surface area contributed by atoms with Crippen LogP contribution in [0.2, 0.25) is 19.6 Å². The van der Waals surface area contributed by atoms with Crippen LogP contribution in [0.5, 0.6) is 0 Å². The molecule has 17 heavy (non-hydrogen) atoms. The normalized spacial score (nSPS) is 32.5. The zero-order valence-electron chi connectivity index (χ0n) is 11.9. The molecule has 1 aromatic carbocycles. The Hall–Kier alpha value is -0.603. The highest BCUT2D eigenvalue weighted by molar-refractivity contribution is 6.78. The van der Waals surface area contributed by atoms with Gasteiger partial charge in [-0.1, -0.05) is 56.9 Å². The molecule has 3 atom stereocenters. The first-order chi connectivity index (χ1) is 7.91. The van der Waals surface area contributed by atoms with Crippen molar-refractivity contribution in [2.75, 3.05) is 13.6 Å². The highest BCUT2D eigenvalue weighted by atomic mass is 28.3. The van der Waals surface area contributed by atoms with Crippen LogP contribution in [0.4, 0.5) is 0 Å². The van der Waals surface area contributed by atoms with Crippen LogP contribution in [0, 0.1) is 0 Å². The molecule has 1 heterocycles. The standard InChI is InChI=1S/C15H26NSi/c1-6-12-16(2)14(15(16)17(3,4)5)13-10-8-7-9-11-13/h7-11,14-15H,6,12H2,1-5H3/q+1/t14-,15+,16?/m1/s1. The Bertz CT molecular complexity index is 382. The summed E-state index contributed by atoms with van der Waals surface area (Å²) in [5, 5.41) is 0. The predicted molar refractivity (Wildman–Crippen MR) is 77.7 cm³/mol. The van der Waals surface area contributed by atoms with Crippen molar-refractivity contribution in [1.82, 2.24) is 0 Å². The maximum Gasteiger partial charge on any atom is 0.163 e. The molecule has 0 aliphatic carbocycles. The Morgan fingerprint density at radius 2 is 1.71 bits per heavy atom. The minimum atomic E-state index is -1.07. The summed E-state index contributed by atoms with van der Waals surface area (Å²) in [5.41, 5.74) is 2.46. The molecule has 1 saturated heterocycles. The molecule has 0 N–H and O–H groups in total. The lowest BCUT2D eigenvalue weighted by Gasteiger charge is -2.20. The summed E-state index contributed by atoms with van der Waals surface area (Å²) < 4.78 is 1.29. The molecule has 94 valence electrons. The summed E-state index contributed by atoms with van der Waals surface area (Å²) in [6.07, 6.45) is 1.29. The average Bonchev–Trinajstić information content (AvgIpc) is 2.86. The van der Waals surface area contributed by atoms with Gasteiger partial charge < -0.3 is 4.48 Å². The Balaban J connectivity index is 2.29. The molecule has 2 heteroatoms. The minimum Gasteiger partial charge on any atom is -0.311 e. The Morgan fingerprint density at radius 3 is 2.18 bits per heavy atom. The second-order valence-corrected chi connectivity index (χ2v) is 12.1. The van der Waals surface area contributed by atoms with Gasteiger partial charge in [0.1, 0.15) is 13.7 Å². The van der Waals surface area contributed by atoms with Crippen LogP contribution in [-0.4, -0.2) is 31.8 Å². The molecular weight excluding hydrogens is 222 g/mol. The number of rotatable bonds is 4. The second kappa shape index (κ2) is 4.25. The van der Waals surface area contributed by atoms with Gasteiger partial charge in [-0.2, -0.15) is 0 Å². The van der Waals surface area contributed by atoms with E-state index in [1.165, 1.54) is 17.4 Å². The van der Waals surface area contributed by atoms with Gasteiger partial charge in [0.05, 0.1) is 13.6 Å². The number of nitrogens with zero attached hydrogens (tertiary/aromatic N) is 1. The zero-order chi connectivity index (χ0) is 12.7. The van der Waals surface area contributed by atoms with Crippen molar-refractivity contribution in [3.63, 3.8) is 0 Å². The lowest BCUT2D eigenvalue weighted by Crippen LogP contribution is -2.38. The fraction of sp³-hybridized carbons (Fsp3) is 0.600. The van der Waals surface area contributed by atoms with Crippen molar-refractivity contribution < 1.29 is 4.48 Å². The topological polar surface area (TPSA) is 0 Å². The molecule has 0 aromatic heterocycles. The molecule has 1 aliphatic rings. The van der Waals surface area contributed by atoms with Gasteiger partial charge in [-0.15, -0.1) is 0 Å². The fourth-order valence-electron chi connectivity index (χ4n) is 3.78. The molecule has 0 saturated carbocycles. The maximum atomic E-state index is 2.52. The van der Waals surface area contributed by atoms with Crippen molar-refractivity contribution in [2.45, 2.75) is 44.7 Å². The molecule has 1 fully saturated rings. The molecule has 1 nitrogen and oxygen atoms in total. The maximum absolute atomic E-state index is 2.52. The van der Waals surface area contributed by atoms with E-state index in [1.54, 1.807) is 5.56 Å². The molecule has 0 amide bonds. The van der Waals surface area contributed by atoms with Crippen LogP contribution >= 0.6 is 0 Å². The largest absolute Gasteiger partial charge is 0.311 e. The summed E-state index contributed by atoms with van der Waals surface area (Å²) in [4.78, 5) is 0. The second-order valence-electron chi connectivity index (χ2n) is 6.74. The van der Waals surface area contributed by atoms with Gasteiger partial charge in [-0.05, 0) is 6.42 Å². The smallest absolute Gasteiger partial charge is 0.163 e. The van der Waals surface area contributed by atoms with Crippen molar-refractivity contribution in [2.24, 2.45) is 0 Å². The predicted octanol–water partition coefficient (Wildman–Crippen LogP) is 3.84. The first-order valence-corrected chi connectivity index (χ1v) is 10.4. The van der Waals surface area contributed by atoms with Crippen LogP contribution < -0.4 is 0 Å². The van der Waals surface area contributed by atoms with E-state index in [2.05, 4.69) is 63.9 Å². The number of hydrogen-bond acceptors (Lipinski definition) is 0. The number of likely N-dealkylation sites (N-methyl/N-ethyl adjacent to an activating group) is 1. The molecule has 1 unspecified atom stereocenters. The number of quaternary nitrogens is 1. The van der Waals surface area contributed by atoms with Crippen LogP contribution in [-0.2, 0) is 0 Å². The molecule has 0 radical (unpaired) electrons. The average molecular weight is 248 g/mol. The summed E-state index contributed by atoms with van der Waals surface area (Å²) in [6, 6.07) is 11.9. The lowest BCUT2D eigenvalue weighted by atomic mass is 10.1. The first kappa shape index (κ1) is 12.8. The third-order valence-corrected chi connectivity index (χ3v) is 6.89. The first-order valence-electron chi connectivity index (χ1n) is 6.81. The quantitative estimate of drug-likeness (QED) is 0.431. The van der Waals surface area contributed by atoms with Crippen molar-refractivity contribution in [3.8, 4) is 0 Å². The third kappa shape index (κ3) is 2.21. The molecular formula is C15H26NSi+. The molecule has 1 aromatic rings. The summed E-state index contributed by atoms with van der Waals surface area (Å²) in [7, 11) is 1.39. The van der Waals surface area contributed by atoms with E-state index in [9.17, 15) is 0 Å². The van der Waals surface area contributed by atoms with E-state index in [0.29, 0.717) is 0 Å². The van der Waals surface area contributed by atoms with Crippen LogP contribution in [0.15, 0.2) is 30.3 Å². The van der Waals surface area contributed by atoms with E-state index >= 15 is 0 Å². The van der Waals surface area contributed by atoms with Gasteiger partial charge in [0.2, 0.25) is 0 Å². The van der Waals surface area contributed by atoms with E-state index in [4.69, 9.17) is 0 Å². The fourth-order valence-corrected chi connectivity index (χ4v) is 7.24. The minimum absolute atomic E-state index is 0.766.